The maximum absolute atomic E-state index is 13.1. The maximum atomic E-state index is 13.1. The lowest BCUT2D eigenvalue weighted by atomic mass is 9.86. The highest BCUT2D eigenvalue weighted by atomic mass is 35.5. The first-order valence-electron chi connectivity index (χ1n) is 12.3. The second kappa shape index (κ2) is 11.6. The van der Waals surface area contributed by atoms with Gasteiger partial charge in [0.1, 0.15) is 22.7 Å². The number of aromatic carboxylic acids is 1. The summed E-state index contributed by atoms with van der Waals surface area (Å²) < 4.78 is 11.4. The minimum absolute atomic E-state index is 0.0127. The average molecular weight is 545 g/mol. The summed E-state index contributed by atoms with van der Waals surface area (Å²) in [6, 6.07) is 21.3. The van der Waals surface area contributed by atoms with Crippen molar-refractivity contribution in [2.75, 3.05) is 12.4 Å². The van der Waals surface area contributed by atoms with Gasteiger partial charge in [-0.05, 0) is 46.9 Å². The molecule has 0 saturated heterocycles. The Kier molecular flexibility index (Phi) is 8.21. The van der Waals surface area contributed by atoms with Crippen molar-refractivity contribution in [3.05, 3.63) is 101 Å². The van der Waals surface area contributed by atoms with Gasteiger partial charge < -0.3 is 19.9 Å². The van der Waals surface area contributed by atoms with E-state index in [2.05, 4.69) is 31.1 Å². The van der Waals surface area contributed by atoms with E-state index in [4.69, 9.17) is 21.1 Å². The van der Waals surface area contributed by atoms with Crippen LogP contribution in [0.2, 0.25) is 5.02 Å². The highest BCUT2D eigenvalue weighted by Gasteiger charge is 2.21. The first-order valence-corrected chi connectivity index (χ1v) is 12.7. The van der Waals surface area contributed by atoms with Crippen molar-refractivity contribution < 1.29 is 24.2 Å². The van der Waals surface area contributed by atoms with Crippen molar-refractivity contribution >= 4 is 29.2 Å². The summed E-state index contributed by atoms with van der Waals surface area (Å²) in [6.45, 7) is 6.26. The number of hydrogen-bond acceptors (Lipinski definition) is 5. The summed E-state index contributed by atoms with van der Waals surface area (Å²) in [7, 11) is 1.41. The van der Waals surface area contributed by atoms with E-state index < -0.39 is 5.97 Å². The van der Waals surface area contributed by atoms with Crippen molar-refractivity contribution in [3.63, 3.8) is 0 Å². The molecule has 0 radical (unpaired) electrons. The summed E-state index contributed by atoms with van der Waals surface area (Å²) >= 11 is 6.27. The summed E-state index contributed by atoms with van der Waals surface area (Å²) in [5, 5.41) is 13.0. The van der Waals surface area contributed by atoms with Gasteiger partial charge in [-0.25, -0.2) is 9.78 Å². The number of nitrogens with zero attached hydrogens (tertiary/aromatic N) is 1. The third-order valence-electron chi connectivity index (χ3n) is 6.10. The number of para-hydroxylation sites is 1. The number of pyridine rings is 1. The van der Waals surface area contributed by atoms with Gasteiger partial charge in [-0.1, -0.05) is 74.8 Å². The molecule has 0 saturated carbocycles. The van der Waals surface area contributed by atoms with Crippen molar-refractivity contribution in [2.45, 2.75) is 32.6 Å². The highest BCUT2D eigenvalue weighted by molar-refractivity contribution is 6.31. The fourth-order valence-electron chi connectivity index (χ4n) is 4.12. The predicted octanol–water partition coefficient (Wildman–Crippen LogP) is 7.38. The standard InChI is InChI=1S/C31H29ClN2O5/c1-31(2,3)23-10-6-8-12-27(23)39-29-25(34-28(35)17-20-9-5-7-11-24(20)32)16-21(18-33-29)19-13-14-26(38-4)22(15-19)30(36)37/h5-16,18H,17H2,1-4H3,(H,34,35)(H,36,37). The van der Waals surface area contributed by atoms with E-state index in [1.807, 2.05) is 30.3 Å². The zero-order valence-electron chi connectivity index (χ0n) is 22.1. The highest BCUT2D eigenvalue weighted by Crippen LogP contribution is 2.37. The van der Waals surface area contributed by atoms with Gasteiger partial charge >= 0.3 is 5.97 Å². The minimum Gasteiger partial charge on any atom is -0.496 e. The molecular formula is C31H29ClN2O5. The maximum Gasteiger partial charge on any atom is 0.339 e. The number of aromatic nitrogens is 1. The fraction of sp³-hybridized carbons (Fsp3) is 0.194. The Hall–Kier alpha value is -4.36. The topological polar surface area (TPSA) is 97.8 Å². The Morgan fingerprint density at radius 2 is 1.67 bits per heavy atom. The van der Waals surface area contributed by atoms with Gasteiger partial charge in [0.15, 0.2) is 0 Å². The molecule has 4 rings (SSSR count). The van der Waals surface area contributed by atoms with Crippen molar-refractivity contribution in [2.24, 2.45) is 0 Å². The molecule has 4 aromatic rings. The average Bonchev–Trinajstić information content (AvgIpc) is 2.90. The Balaban J connectivity index is 1.75. The number of carboxylic acids is 1. The molecule has 0 aliphatic heterocycles. The number of carboxylic acid groups (broad SMARTS) is 1. The van der Waals surface area contributed by atoms with Crippen LogP contribution in [-0.2, 0) is 16.6 Å². The molecule has 0 fully saturated rings. The second-order valence-electron chi connectivity index (χ2n) is 9.96. The smallest absolute Gasteiger partial charge is 0.339 e. The number of benzene rings is 3. The van der Waals surface area contributed by atoms with E-state index >= 15 is 0 Å². The summed E-state index contributed by atoms with van der Waals surface area (Å²) in [6.07, 6.45) is 1.62. The minimum atomic E-state index is -1.12. The SMILES string of the molecule is COc1ccc(-c2cnc(Oc3ccccc3C(C)(C)C)c(NC(=O)Cc3ccccc3Cl)c2)cc1C(=O)O. The first kappa shape index (κ1) is 27.7. The van der Waals surface area contributed by atoms with Crippen LogP contribution in [-0.4, -0.2) is 29.1 Å². The first-order chi connectivity index (χ1) is 18.6. The zero-order valence-corrected chi connectivity index (χ0v) is 22.9. The number of halogens is 1. The number of ether oxygens (including phenoxy) is 2. The van der Waals surface area contributed by atoms with Gasteiger partial charge in [-0.2, -0.15) is 0 Å². The number of methoxy groups -OCH3 is 1. The van der Waals surface area contributed by atoms with Crippen LogP contribution in [0.4, 0.5) is 5.69 Å². The molecule has 1 amide bonds. The van der Waals surface area contributed by atoms with Crippen LogP contribution >= 0.6 is 11.6 Å². The van der Waals surface area contributed by atoms with E-state index in [0.717, 1.165) is 5.56 Å². The van der Waals surface area contributed by atoms with E-state index in [1.54, 1.807) is 42.6 Å². The van der Waals surface area contributed by atoms with Crippen LogP contribution in [0.3, 0.4) is 0 Å². The lowest BCUT2D eigenvalue weighted by Crippen LogP contribution is -2.16. The third kappa shape index (κ3) is 6.56. The normalized spacial score (nSPS) is 11.1. The van der Waals surface area contributed by atoms with E-state index in [9.17, 15) is 14.7 Å². The van der Waals surface area contributed by atoms with Crippen LogP contribution < -0.4 is 14.8 Å². The van der Waals surface area contributed by atoms with Crippen LogP contribution in [0.25, 0.3) is 11.1 Å². The van der Waals surface area contributed by atoms with Gasteiger partial charge in [0.05, 0.1) is 13.5 Å². The Labute approximate surface area is 232 Å². The number of amides is 1. The largest absolute Gasteiger partial charge is 0.496 e. The van der Waals surface area contributed by atoms with Crippen LogP contribution in [0, 0.1) is 0 Å². The zero-order chi connectivity index (χ0) is 28.2. The second-order valence-corrected chi connectivity index (χ2v) is 10.4. The molecule has 0 atom stereocenters. The van der Waals surface area contributed by atoms with Gasteiger partial charge in [0.25, 0.3) is 0 Å². The van der Waals surface area contributed by atoms with E-state index in [1.165, 1.54) is 13.2 Å². The molecular weight excluding hydrogens is 516 g/mol. The molecule has 1 heterocycles. The lowest BCUT2D eigenvalue weighted by molar-refractivity contribution is -0.115. The molecule has 1 aromatic heterocycles. The summed E-state index contributed by atoms with van der Waals surface area (Å²) in [5.74, 6) is -0.365. The Morgan fingerprint density at radius 1 is 0.949 bits per heavy atom. The Morgan fingerprint density at radius 3 is 2.36 bits per heavy atom. The molecule has 3 aromatic carbocycles. The number of rotatable bonds is 8. The number of carbonyl (C=O) groups excluding carboxylic acids is 1. The molecule has 200 valence electrons. The van der Waals surface area contributed by atoms with Crippen LogP contribution in [0.15, 0.2) is 79.0 Å². The van der Waals surface area contributed by atoms with Gasteiger partial charge in [0, 0.05) is 22.3 Å². The monoisotopic (exact) mass is 544 g/mol. The molecule has 2 N–H and O–H groups in total. The summed E-state index contributed by atoms with van der Waals surface area (Å²) in [4.78, 5) is 29.4. The number of anilines is 1. The van der Waals surface area contributed by atoms with Gasteiger partial charge in [-0.15, -0.1) is 0 Å². The molecule has 0 bridgehead atoms. The van der Waals surface area contributed by atoms with Gasteiger partial charge in [-0.3, -0.25) is 4.79 Å². The molecule has 0 aliphatic rings. The van der Waals surface area contributed by atoms with Crippen molar-refractivity contribution in [1.29, 1.82) is 0 Å². The van der Waals surface area contributed by atoms with Crippen molar-refractivity contribution in [1.82, 2.24) is 4.98 Å². The van der Waals surface area contributed by atoms with E-state index in [0.29, 0.717) is 33.1 Å². The summed E-state index contributed by atoms with van der Waals surface area (Å²) in [5.41, 5.74) is 2.99. The molecule has 7 nitrogen and oxygen atoms in total. The van der Waals surface area contributed by atoms with Crippen molar-refractivity contribution in [3.8, 4) is 28.5 Å². The molecule has 0 spiro atoms. The quantitative estimate of drug-likeness (QED) is 0.240. The number of hydrogen-bond donors (Lipinski definition) is 2. The lowest BCUT2D eigenvalue weighted by Gasteiger charge is -2.23. The van der Waals surface area contributed by atoms with Crippen LogP contribution in [0.1, 0.15) is 42.3 Å². The Bertz CT molecular complexity index is 1530. The molecule has 39 heavy (non-hydrogen) atoms. The number of nitrogens with one attached hydrogen (secondary N) is 1. The van der Waals surface area contributed by atoms with E-state index in [-0.39, 0.29) is 34.9 Å². The molecule has 0 unspecified atom stereocenters. The fourth-order valence-corrected chi connectivity index (χ4v) is 4.33. The van der Waals surface area contributed by atoms with Gasteiger partial charge in [0.2, 0.25) is 11.8 Å². The number of carbonyl (C=O) groups is 2. The molecule has 8 heteroatoms. The third-order valence-corrected chi connectivity index (χ3v) is 6.47. The van der Waals surface area contributed by atoms with Crippen LogP contribution in [0.5, 0.6) is 17.4 Å². The molecule has 0 aliphatic carbocycles. The predicted molar refractivity (Wildman–Crippen MR) is 152 cm³/mol.